The number of carbonyl (C=O) groups excluding carboxylic acids is 1. The average Bonchev–Trinajstić information content (AvgIpc) is 3.11. The molecule has 0 radical (unpaired) electrons. The molecule has 1 heterocycles. The average molecular weight is 404 g/mol. The van der Waals surface area contributed by atoms with Crippen molar-refractivity contribution in [1.29, 1.82) is 0 Å². The highest BCUT2D eigenvalue weighted by Gasteiger charge is 2.20. The standard InChI is InChI=1S/C17H13FN4O3S2/c1-2-15-20-21-17(27-15)19-16(23)11-9-10(22(24)25)7-8-13(11)26-14-6-4-3-5-12(14)18/h3-9H,2H2,1H3,(H,19,21,23). The number of rotatable bonds is 6. The molecule has 0 unspecified atom stereocenters. The third-order valence-electron chi connectivity index (χ3n) is 3.46. The van der Waals surface area contributed by atoms with Crippen molar-refractivity contribution < 1.29 is 14.1 Å². The maximum atomic E-state index is 14.0. The Morgan fingerprint density at radius 2 is 2.04 bits per heavy atom. The predicted molar refractivity (Wildman–Crippen MR) is 101 cm³/mol. The van der Waals surface area contributed by atoms with Crippen LogP contribution in [0, 0.1) is 15.9 Å². The summed E-state index contributed by atoms with van der Waals surface area (Å²) in [6.07, 6.45) is 0.679. The fourth-order valence-electron chi connectivity index (χ4n) is 2.16. The number of nitro benzene ring substituents is 1. The molecule has 1 amide bonds. The Morgan fingerprint density at radius 1 is 1.26 bits per heavy atom. The van der Waals surface area contributed by atoms with E-state index >= 15 is 0 Å². The number of aryl methyl sites for hydroxylation is 1. The molecule has 0 atom stereocenters. The normalized spacial score (nSPS) is 10.6. The number of nitrogens with zero attached hydrogens (tertiary/aromatic N) is 3. The molecule has 0 fully saturated rings. The number of non-ortho nitro benzene ring substituents is 1. The molecule has 10 heteroatoms. The van der Waals surface area contributed by atoms with Crippen LogP contribution in [0.25, 0.3) is 0 Å². The van der Waals surface area contributed by atoms with Gasteiger partial charge in [-0.1, -0.05) is 42.2 Å². The molecule has 7 nitrogen and oxygen atoms in total. The van der Waals surface area contributed by atoms with E-state index in [2.05, 4.69) is 15.5 Å². The van der Waals surface area contributed by atoms with Crippen LogP contribution >= 0.6 is 23.1 Å². The molecule has 0 spiro atoms. The second-order valence-electron chi connectivity index (χ2n) is 5.28. The lowest BCUT2D eigenvalue weighted by Crippen LogP contribution is -2.13. The van der Waals surface area contributed by atoms with Crippen LogP contribution < -0.4 is 5.32 Å². The van der Waals surface area contributed by atoms with Crippen molar-refractivity contribution in [2.24, 2.45) is 0 Å². The van der Waals surface area contributed by atoms with E-state index in [0.29, 0.717) is 21.3 Å². The highest BCUT2D eigenvalue weighted by Crippen LogP contribution is 2.34. The molecule has 2 aromatic carbocycles. The lowest BCUT2D eigenvalue weighted by atomic mass is 10.2. The molecule has 0 saturated carbocycles. The summed E-state index contributed by atoms with van der Waals surface area (Å²) in [5.41, 5.74) is -0.171. The quantitative estimate of drug-likeness (QED) is 0.478. The number of nitro groups is 1. The zero-order valence-electron chi connectivity index (χ0n) is 14.0. The number of amides is 1. The summed E-state index contributed by atoms with van der Waals surface area (Å²) < 4.78 is 14.0. The number of hydrogen-bond acceptors (Lipinski definition) is 7. The van der Waals surface area contributed by atoms with E-state index in [4.69, 9.17) is 0 Å². The molecular weight excluding hydrogens is 391 g/mol. The first-order valence-electron chi connectivity index (χ1n) is 7.82. The van der Waals surface area contributed by atoms with Crippen LogP contribution in [0.2, 0.25) is 0 Å². The minimum Gasteiger partial charge on any atom is -0.296 e. The van der Waals surface area contributed by atoms with Gasteiger partial charge in [0, 0.05) is 21.9 Å². The summed E-state index contributed by atoms with van der Waals surface area (Å²) in [6.45, 7) is 1.91. The summed E-state index contributed by atoms with van der Waals surface area (Å²) >= 11 is 2.24. The third-order valence-corrected chi connectivity index (χ3v) is 5.57. The van der Waals surface area contributed by atoms with Crippen LogP contribution in [-0.4, -0.2) is 21.0 Å². The zero-order chi connectivity index (χ0) is 19.4. The lowest BCUT2D eigenvalue weighted by Gasteiger charge is -2.09. The molecule has 0 aliphatic carbocycles. The van der Waals surface area contributed by atoms with Gasteiger partial charge < -0.3 is 0 Å². The number of nitrogens with one attached hydrogen (secondary N) is 1. The van der Waals surface area contributed by atoms with E-state index in [1.807, 2.05) is 6.92 Å². The van der Waals surface area contributed by atoms with Crippen LogP contribution in [0.4, 0.5) is 15.2 Å². The maximum absolute atomic E-state index is 14.0. The van der Waals surface area contributed by atoms with Gasteiger partial charge in [0.15, 0.2) is 0 Å². The summed E-state index contributed by atoms with van der Waals surface area (Å²) in [5, 5.41) is 22.5. The van der Waals surface area contributed by atoms with Gasteiger partial charge in [0.1, 0.15) is 10.8 Å². The molecule has 138 valence electrons. The highest BCUT2D eigenvalue weighted by atomic mass is 32.2. The molecule has 0 aliphatic rings. The Kier molecular flexibility index (Phi) is 5.77. The Labute approximate surface area is 161 Å². The van der Waals surface area contributed by atoms with Gasteiger partial charge in [-0.15, -0.1) is 10.2 Å². The van der Waals surface area contributed by atoms with Gasteiger partial charge >= 0.3 is 0 Å². The van der Waals surface area contributed by atoms with Gasteiger partial charge in [-0.25, -0.2) is 4.39 Å². The van der Waals surface area contributed by atoms with Gasteiger partial charge in [0.25, 0.3) is 11.6 Å². The number of aromatic nitrogens is 2. The van der Waals surface area contributed by atoms with Gasteiger partial charge in [0.2, 0.25) is 5.13 Å². The van der Waals surface area contributed by atoms with Crippen LogP contribution in [0.5, 0.6) is 0 Å². The van der Waals surface area contributed by atoms with Crippen molar-refractivity contribution in [3.05, 3.63) is 69.0 Å². The molecule has 3 rings (SSSR count). The fraction of sp³-hybridized carbons (Fsp3) is 0.118. The van der Waals surface area contributed by atoms with Gasteiger partial charge in [-0.05, 0) is 24.6 Å². The first-order valence-corrected chi connectivity index (χ1v) is 9.45. The van der Waals surface area contributed by atoms with E-state index in [1.165, 1.54) is 35.6 Å². The lowest BCUT2D eigenvalue weighted by molar-refractivity contribution is -0.384. The molecule has 0 aliphatic heterocycles. The van der Waals surface area contributed by atoms with Crippen molar-refractivity contribution >= 4 is 39.8 Å². The number of anilines is 1. The smallest absolute Gasteiger partial charge is 0.270 e. The van der Waals surface area contributed by atoms with Crippen molar-refractivity contribution in [2.75, 3.05) is 5.32 Å². The molecule has 0 bridgehead atoms. The third kappa shape index (κ3) is 4.47. The Morgan fingerprint density at radius 3 is 2.70 bits per heavy atom. The molecule has 1 N–H and O–H groups in total. The zero-order valence-corrected chi connectivity index (χ0v) is 15.6. The number of benzene rings is 2. The minimum atomic E-state index is -0.589. The largest absolute Gasteiger partial charge is 0.296 e. The second kappa shape index (κ2) is 8.23. The molecule has 0 saturated heterocycles. The van der Waals surface area contributed by atoms with E-state index in [-0.39, 0.29) is 11.3 Å². The predicted octanol–water partition coefficient (Wildman–Crippen LogP) is 4.55. The van der Waals surface area contributed by atoms with Crippen LogP contribution in [0.3, 0.4) is 0 Å². The summed E-state index contributed by atoms with van der Waals surface area (Å²) in [7, 11) is 0. The van der Waals surface area contributed by atoms with Crippen LogP contribution in [0.1, 0.15) is 22.3 Å². The van der Waals surface area contributed by atoms with Gasteiger partial charge in [-0.2, -0.15) is 0 Å². The van der Waals surface area contributed by atoms with E-state index in [1.54, 1.807) is 18.2 Å². The molecule has 27 heavy (non-hydrogen) atoms. The first kappa shape index (κ1) is 18.9. The number of carbonyl (C=O) groups is 1. The highest BCUT2D eigenvalue weighted by molar-refractivity contribution is 7.99. The topological polar surface area (TPSA) is 98.0 Å². The van der Waals surface area contributed by atoms with Crippen molar-refractivity contribution in [2.45, 2.75) is 23.1 Å². The molecule has 1 aromatic heterocycles. The van der Waals surface area contributed by atoms with Crippen molar-refractivity contribution in [1.82, 2.24) is 10.2 Å². The molecule has 3 aromatic rings. The Hall–Kier alpha value is -2.85. The first-order chi connectivity index (χ1) is 13.0. The fourth-order valence-corrected chi connectivity index (χ4v) is 3.78. The Bertz CT molecular complexity index is 1010. The summed E-state index contributed by atoms with van der Waals surface area (Å²) in [5.74, 6) is -1.01. The van der Waals surface area contributed by atoms with E-state index in [9.17, 15) is 19.3 Å². The molecular formula is C17H13FN4O3S2. The number of hydrogen-bond donors (Lipinski definition) is 1. The van der Waals surface area contributed by atoms with E-state index < -0.39 is 16.6 Å². The number of halogens is 1. The minimum absolute atomic E-state index is 0.0608. The summed E-state index contributed by atoms with van der Waals surface area (Å²) in [4.78, 5) is 23.9. The van der Waals surface area contributed by atoms with Crippen LogP contribution in [0.15, 0.2) is 52.3 Å². The van der Waals surface area contributed by atoms with Gasteiger partial charge in [0.05, 0.1) is 10.5 Å². The summed E-state index contributed by atoms with van der Waals surface area (Å²) in [6, 6.07) is 9.98. The second-order valence-corrected chi connectivity index (χ2v) is 7.42. The van der Waals surface area contributed by atoms with Crippen molar-refractivity contribution in [3.8, 4) is 0 Å². The van der Waals surface area contributed by atoms with Crippen LogP contribution in [-0.2, 0) is 6.42 Å². The monoisotopic (exact) mass is 404 g/mol. The Balaban J connectivity index is 1.95. The maximum Gasteiger partial charge on any atom is 0.270 e. The van der Waals surface area contributed by atoms with E-state index in [0.717, 1.165) is 16.8 Å². The van der Waals surface area contributed by atoms with Crippen molar-refractivity contribution in [3.63, 3.8) is 0 Å². The SMILES string of the molecule is CCc1nnc(NC(=O)c2cc([N+](=O)[O-])ccc2Sc2ccccc2F)s1. The van der Waals surface area contributed by atoms with Gasteiger partial charge in [-0.3, -0.25) is 20.2 Å².